The normalized spacial score (nSPS) is 24.6. The predicted octanol–water partition coefficient (Wildman–Crippen LogP) is 2.20. The number of hydrogen-bond donors (Lipinski definition) is 1. The molecular weight excluding hydrogens is 230 g/mol. The highest BCUT2D eigenvalue weighted by atomic mass is 16.5. The molecule has 1 N–H and O–H groups in total. The van der Waals surface area contributed by atoms with E-state index in [1.165, 1.54) is 5.56 Å². The third-order valence-corrected chi connectivity index (χ3v) is 3.96. The number of carbonyl (C=O) groups excluding carboxylic acids is 1. The maximum absolute atomic E-state index is 12.2. The molecule has 98 valence electrons. The Kier molecular flexibility index (Phi) is 3.37. The van der Waals surface area contributed by atoms with Crippen LogP contribution in [-0.2, 0) is 16.0 Å². The maximum atomic E-state index is 12.2. The van der Waals surface area contributed by atoms with E-state index in [1.54, 1.807) is 6.26 Å². The summed E-state index contributed by atoms with van der Waals surface area (Å²) in [6.07, 6.45) is 6.50. The molecular formula is C14H19NO3. The van der Waals surface area contributed by atoms with Crippen molar-refractivity contribution in [1.82, 2.24) is 5.32 Å². The zero-order chi connectivity index (χ0) is 12.4. The first kappa shape index (κ1) is 11.8. The quantitative estimate of drug-likeness (QED) is 0.874. The Morgan fingerprint density at radius 3 is 2.94 bits per heavy atom. The lowest BCUT2D eigenvalue weighted by molar-refractivity contribution is -0.128. The summed E-state index contributed by atoms with van der Waals surface area (Å²) in [6, 6.07) is 2.13. The first-order valence-electron chi connectivity index (χ1n) is 6.79. The highest BCUT2D eigenvalue weighted by Gasteiger charge is 2.27. The number of amides is 1. The van der Waals surface area contributed by atoms with E-state index >= 15 is 0 Å². The number of carbonyl (C=O) groups is 1. The molecule has 1 aliphatic heterocycles. The van der Waals surface area contributed by atoms with Crippen molar-refractivity contribution in [2.24, 2.45) is 5.92 Å². The van der Waals surface area contributed by atoms with Crippen LogP contribution in [0.5, 0.6) is 0 Å². The van der Waals surface area contributed by atoms with Crippen LogP contribution in [0.1, 0.15) is 43.0 Å². The van der Waals surface area contributed by atoms with Crippen LogP contribution >= 0.6 is 0 Å². The molecule has 1 aromatic rings. The summed E-state index contributed by atoms with van der Waals surface area (Å²) in [5.41, 5.74) is 1.17. The summed E-state index contributed by atoms with van der Waals surface area (Å²) in [6.45, 7) is 1.42. The Hall–Kier alpha value is -1.29. The average molecular weight is 249 g/mol. The van der Waals surface area contributed by atoms with Crippen LogP contribution in [0.2, 0.25) is 0 Å². The first-order valence-corrected chi connectivity index (χ1v) is 6.79. The smallest absolute Gasteiger partial charge is 0.223 e. The van der Waals surface area contributed by atoms with E-state index in [0.29, 0.717) is 13.2 Å². The average Bonchev–Trinajstić information content (AvgIpc) is 2.89. The number of hydrogen-bond acceptors (Lipinski definition) is 3. The van der Waals surface area contributed by atoms with Gasteiger partial charge >= 0.3 is 0 Å². The first-order chi connectivity index (χ1) is 8.84. The van der Waals surface area contributed by atoms with Crippen molar-refractivity contribution >= 4 is 5.91 Å². The van der Waals surface area contributed by atoms with Crippen molar-refractivity contribution in [3.63, 3.8) is 0 Å². The molecule has 1 fully saturated rings. The molecule has 2 aliphatic rings. The number of aryl methyl sites for hydroxylation is 1. The van der Waals surface area contributed by atoms with Crippen molar-refractivity contribution in [3.05, 3.63) is 23.7 Å². The monoisotopic (exact) mass is 249 g/mol. The molecule has 1 saturated heterocycles. The van der Waals surface area contributed by atoms with E-state index in [2.05, 4.69) is 5.32 Å². The highest BCUT2D eigenvalue weighted by molar-refractivity contribution is 5.79. The standard InChI is InChI=1S/C14H19NO3/c16-14(10-4-7-17-8-5-10)15-12-2-1-3-13-11(12)6-9-18-13/h6,9-10,12H,1-5,7-8H2,(H,15,16). The molecule has 0 bridgehead atoms. The lowest BCUT2D eigenvalue weighted by atomic mass is 9.92. The molecule has 18 heavy (non-hydrogen) atoms. The number of furan rings is 1. The SMILES string of the molecule is O=C(NC1CCCc2occc21)C1CCOCC1. The predicted molar refractivity (Wildman–Crippen MR) is 66.1 cm³/mol. The van der Waals surface area contributed by atoms with Crippen LogP contribution in [0.15, 0.2) is 16.7 Å². The molecule has 4 heteroatoms. The van der Waals surface area contributed by atoms with Gasteiger partial charge in [0.05, 0.1) is 12.3 Å². The van der Waals surface area contributed by atoms with Crippen LogP contribution in [0.4, 0.5) is 0 Å². The topological polar surface area (TPSA) is 51.5 Å². The second kappa shape index (κ2) is 5.14. The van der Waals surface area contributed by atoms with Crippen LogP contribution in [-0.4, -0.2) is 19.1 Å². The molecule has 0 saturated carbocycles. The van der Waals surface area contributed by atoms with E-state index in [-0.39, 0.29) is 17.9 Å². The Morgan fingerprint density at radius 2 is 2.11 bits per heavy atom. The Labute approximate surface area is 107 Å². The van der Waals surface area contributed by atoms with E-state index in [9.17, 15) is 4.79 Å². The van der Waals surface area contributed by atoms with Gasteiger partial charge in [0.1, 0.15) is 5.76 Å². The Balaban J connectivity index is 1.65. The van der Waals surface area contributed by atoms with Gasteiger partial charge in [-0.25, -0.2) is 0 Å². The van der Waals surface area contributed by atoms with Gasteiger partial charge in [-0.3, -0.25) is 4.79 Å². The van der Waals surface area contributed by atoms with Gasteiger partial charge in [-0.15, -0.1) is 0 Å². The highest BCUT2D eigenvalue weighted by Crippen LogP contribution is 2.31. The maximum Gasteiger partial charge on any atom is 0.223 e. The molecule has 0 radical (unpaired) electrons. The fourth-order valence-corrected chi connectivity index (χ4v) is 2.89. The van der Waals surface area contributed by atoms with E-state index < -0.39 is 0 Å². The third-order valence-electron chi connectivity index (χ3n) is 3.96. The van der Waals surface area contributed by atoms with Crippen molar-refractivity contribution in [1.29, 1.82) is 0 Å². The molecule has 1 amide bonds. The molecule has 1 atom stereocenters. The number of nitrogens with one attached hydrogen (secondary N) is 1. The van der Waals surface area contributed by atoms with Crippen LogP contribution < -0.4 is 5.32 Å². The molecule has 2 heterocycles. The molecule has 3 rings (SSSR count). The fraction of sp³-hybridized carbons (Fsp3) is 0.643. The van der Waals surface area contributed by atoms with Gasteiger partial charge in [-0.2, -0.15) is 0 Å². The van der Waals surface area contributed by atoms with Crippen molar-refractivity contribution < 1.29 is 13.9 Å². The minimum Gasteiger partial charge on any atom is -0.469 e. The van der Waals surface area contributed by atoms with Crippen molar-refractivity contribution in [2.75, 3.05) is 13.2 Å². The van der Waals surface area contributed by atoms with E-state index in [1.807, 2.05) is 6.07 Å². The lowest BCUT2D eigenvalue weighted by Gasteiger charge is -2.27. The van der Waals surface area contributed by atoms with Gasteiger partial charge in [-0.1, -0.05) is 0 Å². The minimum atomic E-state index is 0.121. The van der Waals surface area contributed by atoms with E-state index in [4.69, 9.17) is 9.15 Å². The van der Waals surface area contributed by atoms with Crippen LogP contribution in [0.25, 0.3) is 0 Å². The van der Waals surface area contributed by atoms with E-state index in [0.717, 1.165) is 37.9 Å². The summed E-state index contributed by atoms with van der Waals surface area (Å²) in [5, 5.41) is 3.18. The van der Waals surface area contributed by atoms with Gasteiger partial charge in [0, 0.05) is 31.1 Å². The van der Waals surface area contributed by atoms with Gasteiger partial charge in [0.25, 0.3) is 0 Å². The fourth-order valence-electron chi connectivity index (χ4n) is 2.89. The van der Waals surface area contributed by atoms with Crippen molar-refractivity contribution in [3.8, 4) is 0 Å². The van der Waals surface area contributed by atoms with Crippen LogP contribution in [0, 0.1) is 5.92 Å². The molecule has 1 aromatic heterocycles. The number of rotatable bonds is 2. The molecule has 4 nitrogen and oxygen atoms in total. The zero-order valence-corrected chi connectivity index (χ0v) is 10.5. The molecule has 0 spiro atoms. The molecule has 1 aliphatic carbocycles. The Morgan fingerprint density at radius 1 is 1.28 bits per heavy atom. The minimum absolute atomic E-state index is 0.121. The number of fused-ring (bicyclic) bond motifs is 1. The second-order valence-electron chi connectivity index (χ2n) is 5.14. The summed E-state index contributed by atoms with van der Waals surface area (Å²) >= 11 is 0. The summed E-state index contributed by atoms with van der Waals surface area (Å²) < 4.78 is 10.7. The van der Waals surface area contributed by atoms with Gasteiger partial charge in [0.15, 0.2) is 0 Å². The van der Waals surface area contributed by atoms with Gasteiger partial charge in [-0.05, 0) is 31.7 Å². The zero-order valence-electron chi connectivity index (χ0n) is 10.5. The largest absolute Gasteiger partial charge is 0.469 e. The number of ether oxygens (including phenoxy) is 1. The summed E-state index contributed by atoms with van der Waals surface area (Å²) in [5.74, 6) is 1.34. The molecule has 1 unspecified atom stereocenters. The second-order valence-corrected chi connectivity index (χ2v) is 5.14. The van der Waals surface area contributed by atoms with Gasteiger partial charge in [0.2, 0.25) is 5.91 Å². The van der Waals surface area contributed by atoms with Gasteiger partial charge < -0.3 is 14.5 Å². The molecule has 0 aromatic carbocycles. The van der Waals surface area contributed by atoms with Crippen molar-refractivity contribution in [2.45, 2.75) is 38.1 Å². The van der Waals surface area contributed by atoms with Crippen LogP contribution in [0.3, 0.4) is 0 Å². The third kappa shape index (κ3) is 2.29. The summed E-state index contributed by atoms with van der Waals surface area (Å²) in [7, 11) is 0. The lowest BCUT2D eigenvalue weighted by Crippen LogP contribution is -2.37. The Bertz CT molecular complexity index is 420. The summed E-state index contributed by atoms with van der Waals surface area (Å²) in [4.78, 5) is 12.2.